The summed E-state index contributed by atoms with van der Waals surface area (Å²) in [5.74, 6) is 3.37. The molecule has 4 aliphatic carbocycles. The van der Waals surface area contributed by atoms with Crippen LogP contribution in [0.2, 0.25) is 0 Å². The Morgan fingerprint density at radius 3 is 2.54 bits per heavy atom. The van der Waals surface area contributed by atoms with Crippen LogP contribution < -0.4 is 0 Å². The van der Waals surface area contributed by atoms with Gasteiger partial charge in [0.25, 0.3) is 0 Å². The van der Waals surface area contributed by atoms with Crippen molar-refractivity contribution < 1.29 is 9.53 Å². The topological polar surface area (TPSA) is 26.3 Å². The number of fused-ring (bicyclic) bond motifs is 5. The lowest BCUT2D eigenvalue weighted by Crippen LogP contribution is -2.50. The van der Waals surface area contributed by atoms with E-state index in [-0.39, 0.29) is 12.1 Å². The highest BCUT2D eigenvalue weighted by molar-refractivity contribution is 6.29. The lowest BCUT2D eigenvalue weighted by atomic mass is 9.47. The molecule has 3 heteroatoms. The average molecular weight is 505 g/mol. The molecule has 0 unspecified atom stereocenters. The minimum Gasteiger partial charge on any atom is -0.461 e. The fraction of sp³-hybridized carbons (Fsp3) is 0.906. The Bertz CT molecular complexity index is 746. The van der Waals surface area contributed by atoms with Crippen molar-refractivity contribution in [2.45, 2.75) is 148 Å². The van der Waals surface area contributed by atoms with Gasteiger partial charge in [-0.3, -0.25) is 4.79 Å². The minimum atomic E-state index is -0.485. The second-order valence-corrected chi connectivity index (χ2v) is 13.7. The summed E-state index contributed by atoms with van der Waals surface area (Å²) in [6.07, 6.45) is 24.4. The molecule has 0 aromatic heterocycles. The van der Waals surface area contributed by atoms with Gasteiger partial charge in [-0.2, -0.15) is 0 Å². The second kappa shape index (κ2) is 11.9. The Labute approximate surface area is 221 Å². The Balaban J connectivity index is 1.36. The molecule has 0 aromatic carbocycles. The van der Waals surface area contributed by atoms with Crippen LogP contribution in [0.3, 0.4) is 0 Å². The van der Waals surface area contributed by atoms with E-state index in [1.54, 1.807) is 5.57 Å². The van der Waals surface area contributed by atoms with Crippen LogP contribution >= 0.6 is 11.6 Å². The van der Waals surface area contributed by atoms with Gasteiger partial charge in [0.05, 0.1) is 0 Å². The largest absolute Gasteiger partial charge is 0.461 e. The first-order valence-corrected chi connectivity index (χ1v) is 15.8. The van der Waals surface area contributed by atoms with Crippen molar-refractivity contribution in [2.75, 3.05) is 0 Å². The van der Waals surface area contributed by atoms with Gasteiger partial charge in [0.15, 0.2) is 0 Å². The molecule has 3 saturated carbocycles. The van der Waals surface area contributed by atoms with Gasteiger partial charge in [-0.15, -0.1) is 11.6 Å². The number of hydrogen-bond donors (Lipinski definition) is 0. The van der Waals surface area contributed by atoms with Gasteiger partial charge >= 0.3 is 5.97 Å². The molecule has 0 spiro atoms. The Kier molecular flexibility index (Phi) is 9.37. The zero-order chi connectivity index (χ0) is 25.1. The van der Waals surface area contributed by atoms with Crippen LogP contribution in [-0.4, -0.2) is 17.5 Å². The summed E-state index contributed by atoms with van der Waals surface area (Å²) in [6.45, 7) is 9.61. The van der Waals surface area contributed by atoms with Crippen LogP contribution in [0.25, 0.3) is 0 Å². The Morgan fingerprint density at radius 2 is 1.77 bits per heavy atom. The maximum Gasteiger partial charge on any atom is 0.324 e. The van der Waals surface area contributed by atoms with Gasteiger partial charge in [0.2, 0.25) is 0 Å². The highest BCUT2D eigenvalue weighted by atomic mass is 35.5. The Hall–Kier alpha value is -0.500. The molecule has 2 nitrogen and oxygen atoms in total. The van der Waals surface area contributed by atoms with Crippen molar-refractivity contribution >= 4 is 17.6 Å². The summed E-state index contributed by atoms with van der Waals surface area (Å²) in [7, 11) is 0. The summed E-state index contributed by atoms with van der Waals surface area (Å²) in [5.41, 5.74) is 2.48. The number of carbonyl (C=O) groups is 1. The molecule has 35 heavy (non-hydrogen) atoms. The van der Waals surface area contributed by atoms with E-state index >= 15 is 0 Å². The quantitative estimate of drug-likeness (QED) is 0.121. The molecule has 0 heterocycles. The Morgan fingerprint density at radius 1 is 1.00 bits per heavy atom. The maximum absolute atomic E-state index is 12.4. The van der Waals surface area contributed by atoms with Gasteiger partial charge in [-0.05, 0) is 92.3 Å². The van der Waals surface area contributed by atoms with Crippen LogP contribution in [0.1, 0.15) is 137 Å². The van der Waals surface area contributed by atoms with E-state index in [1.807, 2.05) is 0 Å². The third kappa shape index (κ3) is 5.68. The summed E-state index contributed by atoms with van der Waals surface area (Å²) in [6, 6.07) is 0. The van der Waals surface area contributed by atoms with Crippen LogP contribution in [0.15, 0.2) is 11.6 Å². The van der Waals surface area contributed by atoms with Gasteiger partial charge in [-0.25, -0.2) is 0 Å². The molecule has 200 valence electrons. The zero-order valence-corrected chi connectivity index (χ0v) is 24.0. The van der Waals surface area contributed by atoms with E-state index in [0.717, 1.165) is 42.9 Å². The molecule has 4 rings (SSSR count). The molecule has 0 N–H and O–H groups in total. The number of hydrogen-bond acceptors (Lipinski definition) is 2. The smallest absolute Gasteiger partial charge is 0.324 e. The number of allylic oxidation sites excluding steroid dienone is 1. The number of carbonyl (C=O) groups excluding carboxylic acids is 1. The molecule has 0 saturated heterocycles. The molecule has 8 atom stereocenters. The summed E-state index contributed by atoms with van der Waals surface area (Å²) in [4.78, 5) is 12.4. The number of rotatable bonds is 11. The molecule has 0 radical (unpaired) electrons. The summed E-state index contributed by atoms with van der Waals surface area (Å²) in [5, 5.41) is -0.485. The summed E-state index contributed by atoms with van der Waals surface area (Å²) < 4.78 is 5.89. The molecule has 3 fully saturated rings. The first-order valence-electron chi connectivity index (χ1n) is 15.4. The maximum atomic E-state index is 12.4. The molecule has 0 aromatic rings. The van der Waals surface area contributed by atoms with Crippen molar-refractivity contribution in [1.29, 1.82) is 0 Å². The predicted octanol–water partition coefficient (Wildman–Crippen LogP) is 9.64. The standard InChI is InChI=1S/C32H53ClO2/c1-5-7-8-9-10-11-13-23-15-17-27-26-16-14-24-22-25(35-30(34)29(33)12-6-2)18-20-32(24,4)28(26)19-21-31(23,27)3/h14,23,25-29H,5-13,15-22H2,1-4H3/t23-,25+,26-,27+,28-,29-,31-,32+/m1/s1. The number of ether oxygens (including phenoxy) is 1. The van der Waals surface area contributed by atoms with Crippen LogP contribution in [0, 0.1) is 34.5 Å². The van der Waals surface area contributed by atoms with Gasteiger partial charge in [0.1, 0.15) is 11.5 Å². The molecule has 0 bridgehead atoms. The number of alkyl halides is 1. The van der Waals surface area contributed by atoms with Gasteiger partial charge in [-0.1, -0.05) is 84.3 Å². The van der Waals surface area contributed by atoms with Crippen molar-refractivity contribution in [3.05, 3.63) is 11.6 Å². The molecular weight excluding hydrogens is 452 g/mol. The highest BCUT2D eigenvalue weighted by Gasteiger charge is 2.58. The fourth-order valence-electron chi connectivity index (χ4n) is 9.09. The number of esters is 1. The van der Waals surface area contributed by atoms with Crippen LogP contribution in [0.5, 0.6) is 0 Å². The lowest BCUT2D eigenvalue weighted by molar-refractivity contribution is -0.151. The van der Waals surface area contributed by atoms with E-state index in [0.29, 0.717) is 17.3 Å². The van der Waals surface area contributed by atoms with E-state index in [9.17, 15) is 4.79 Å². The minimum absolute atomic E-state index is 0.0264. The second-order valence-electron chi connectivity index (χ2n) is 13.2. The van der Waals surface area contributed by atoms with E-state index in [4.69, 9.17) is 16.3 Å². The van der Waals surface area contributed by atoms with Crippen LogP contribution in [0.4, 0.5) is 0 Å². The van der Waals surface area contributed by atoms with Gasteiger partial charge < -0.3 is 4.74 Å². The number of unbranched alkanes of at least 4 members (excludes halogenated alkanes) is 5. The summed E-state index contributed by atoms with van der Waals surface area (Å²) >= 11 is 6.25. The first kappa shape index (κ1) is 27.5. The monoisotopic (exact) mass is 504 g/mol. The average Bonchev–Trinajstić information content (AvgIpc) is 3.18. The molecule has 0 amide bonds. The predicted molar refractivity (Wildman–Crippen MR) is 148 cm³/mol. The van der Waals surface area contributed by atoms with Crippen LogP contribution in [-0.2, 0) is 9.53 Å². The molecule has 4 aliphatic rings. The van der Waals surface area contributed by atoms with Crippen molar-refractivity contribution in [3.63, 3.8) is 0 Å². The van der Waals surface area contributed by atoms with Crippen molar-refractivity contribution in [2.24, 2.45) is 34.5 Å². The third-order valence-corrected chi connectivity index (χ3v) is 11.6. The fourth-order valence-corrected chi connectivity index (χ4v) is 9.36. The third-order valence-electron chi connectivity index (χ3n) is 11.2. The molecule has 0 aliphatic heterocycles. The van der Waals surface area contributed by atoms with E-state index < -0.39 is 5.38 Å². The first-order chi connectivity index (χ1) is 16.8. The van der Waals surface area contributed by atoms with Crippen molar-refractivity contribution in [3.8, 4) is 0 Å². The highest BCUT2D eigenvalue weighted by Crippen LogP contribution is 2.66. The number of halogens is 1. The lowest BCUT2D eigenvalue weighted by Gasteiger charge is -2.58. The normalized spacial score (nSPS) is 39.2. The van der Waals surface area contributed by atoms with E-state index in [2.05, 4.69) is 33.8 Å². The molecular formula is C32H53ClO2. The van der Waals surface area contributed by atoms with Gasteiger partial charge in [0, 0.05) is 6.42 Å². The zero-order valence-electron chi connectivity index (χ0n) is 23.3. The SMILES string of the molecule is CCCCCCCC[C@@H]1CC[C@H]2[C@H]3CC=C4C[C@@H](OC(=O)[C@H](Cl)CCC)CC[C@]4(C)[C@@H]3CC[C@]12C. The van der Waals surface area contributed by atoms with Crippen molar-refractivity contribution in [1.82, 2.24) is 0 Å². The van der Waals surface area contributed by atoms with E-state index in [1.165, 1.54) is 83.5 Å².